The molecule has 0 bridgehead atoms. The summed E-state index contributed by atoms with van der Waals surface area (Å²) >= 11 is 0. The summed E-state index contributed by atoms with van der Waals surface area (Å²) in [5.74, 6) is 0.827. The number of nitrogens with two attached hydrogens (primary N) is 1. The van der Waals surface area contributed by atoms with Crippen LogP contribution in [0.4, 0.5) is 5.69 Å². The van der Waals surface area contributed by atoms with Gasteiger partial charge in [-0.3, -0.25) is 4.79 Å². The highest BCUT2D eigenvalue weighted by Gasteiger charge is 2.19. The van der Waals surface area contributed by atoms with E-state index in [1.165, 1.54) is 0 Å². The van der Waals surface area contributed by atoms with Crippen LogP contribution < -0.4 is 15.8 Å². The van der Waals surface area contributed by atoms with Gasteiger partial charge in [-0.05, 0) is 43.3 Å². The van der Waals surface area contributed by atoms with Gasteiger partial charge in [0.25, 0.3) is 0 Å². The Labute approximate surface area is 140 Å². The third-order valence-corrected chi connectivity index (χ3v) is 4.25. The number of ether oxygens (including phenoxy) is 1. The number of anilines is 1. The summed E-state index contributed by atoms with van der Waals surface area (Å²) < 4.78 is 5.72. The number of hydrogen-bond donors (Lipinski definition) is 2. The molecule has 0 aliphatic carbocycles. The van der Waals surface area contributed by atoms with E-state index in [4.69, 9.17) is 10.5 Å². The second kappa shape index (κ2) is 10.2. The van der Waals surface area contributed by atoms with E-state index in [9.17, 15) is 4.79 Å². The zero-order chi connectivity index (χ0) is 17.2. The van der Waals surface area contributed by atoms with E-state index in [2.05, 4.69) is 24.1 Å². The summed E-state index contributed by atoms with van der Waals surface area (Å²) in [7, 11) is 0. The molecule has 0 aromatic heterocycles. The average molecular weight is 321 g/mol. The Morgan fingerprint density at radius 3 is 2.35 bits per heavy atom. The van der Waals surface area contributed by atoms with E-state index in [-0.39, 0.29) is 11.8 Å². The number of carbonyl (C=O) groups is 1. The van der Waals surface area contributed by atoms with Gasteiger partial charge in [-0.15, -0.1) is 0 Å². The molecule has 2 unspecified atom stereocenters. The molecule has 130 valence electrons. The molecule has 0 heterocycles. The smallest absolute Gasteiger partial charge is 0.241 e. The molecule has 0 saturated heterocycles. The Bertz CT molecular complexity index is 458. The number of likely N-dealkylation sites (N-methyl/N-ethyl adjacent to an activating group) is 1. The summed E-state index contributed by atoms with van der Waals surface area (Å²) in [6.45, 7) is 11.9. The lowest BCUT2D eigenvalue weighted by molar-refractivity contribution is -0.118. The van der Waals surface area contributed by atoms with Crippen molar-refractivity contribution in [3.63, 3.8) is 0 Å². The number of rotatable bonds is 10. The van der Waals surface area contributed by atoms with Crippen LogP contribution in [-0.2, 0) is 4.79 Å². The second-order valence-electron chi connectivity index (χ2n) is 5.80. The number of carbonyl (C=O) groups excluding carboxylic acids is 1. The highest BCUT2D eigenvalue weighted by Crippen LogP contribution is 2.16. The van der Waals surface area contributed by atoms with Crippen LogP contribution in [0.1, 0.15) is 34.1 Å². The molecule has 3 N–H and O–H groups in total. The first-order valence-electron chi connectivity index (χ1n) is 8.53. The lowest BCUT2D eigenvalue weighted by Crippen LogP contribution is -2.40. The Balaban J connectivity index is 2.45. The van der Waals surface area contributed by atoms with Crippen LogP contribution >= 0.6 is 0 Å². The van der Waals surface area contributed by atoms with E-state index < -0.39 is 6.04 Å². The molecular formula is C18H31N3O2. The Kier molecular flexibility index (Phi) is 8.66. The number of amides is 1. The van der Waals surface area contributed by atoms with Crippen molar-refractivity contribution in [1.82, 2.24) is 4.90 Å². The van der Waals surface area contributed by atoms with E-state index >= 15 is 0 Å². The van der Waals surface area contributed by atoms with Gasteiger partial charge in [-0.2, -0.15) is 0 Å². The number of hydrogen-bond acceptors (Lipinski definition) is 4. The van der Waals surface area contributed by atoms with Gasteiger partial charge >= 0.3 is 0 Å². The molecule has 2 atom stereocenters. The zero-order valence-electron chi connectivity index (χ0n) is 14.8. The van der Waals surface area contributed by atoms with E-state index in [1.54, 1.807) is 0 Å². The summed E-state index contributed by atoms with van der Waals surface area (Å²) in [6.07, 6.45) is 0.883. The standard InChI is InChI=1S/C18H31N3O2/c1-5-14(4)17(19)18(22)20-15-8-10-16(11-9-15)23-13-12-21(6-2)7-3/h8-11,14,17H,5-7,12-13,19H2,1-4H3,(H,20,22). The first kappa shape index (κ1) is 19.5. The highest BCUT2D eigenvalue weighted by molar-refractivity contribution is 5.94. The molecule has 1 amide bonds. The average Bonchev–Trinajstić information content (AvgIpc) is 2.58. The monoisotopic (exact) mass is 321 g/mol. The van der Waals surface area contributed by atoms with Crippen LogP contribution in [0.5, 0.6) is 5.75 Å². The summed E-state index contributed by atoms with van der Waals surface area (Å²) in [4.78, 5) is 14.3. The molecule has 23 heavy (non-hydrogen) atoms. The van der Waals surface area contributed by atoms with Crippen LogP contribution in [0.2, 0.25) is 0 Å². The summed E-state index contributed by atoms with van der Waals surface area (Å²) in [5, 5.41) is 2.85. The Morgan fingerprint density at radius 1 is 1.22 bits per heavy atom. The molecule has 5 nitrogen and oxygen atoms in total. The predicted molar refractivity (Wildman–Crippen MR) is 95.8 cm³/mol. The van der Waals surface area contributed by atoms with E-state index in [1.807, 2.05) is 38.1 Å². The molecule has 1 rings (SSSR count). The fourth-order valence-electron chi connectivity index (χ4n) is 2.20. The van der Waals surface area contributed by atoms with Gasteiger partial charge in [0.2, 0.25) is 5.91 Å². The highest BCUT2D eigenvalue weighted by atomic mass is 16.5. The Hall–Kier alpha value is -1.59. The first-order chi connectivity index (χ1) is 11.0. The Morgan fingerprint density at radius 2 is 1.83 bits per heavy atom. The lowest BCUT2D eigenvalue weighted by atomic mass is 9.99. The second-order valence-corrected chi connectivity index (χ2v) is 5.80. The first-order valence-corrected chi connectivity index (χ1v) is 8.53. The minimum atomic E-state index is -0.481. The molecule has 1 aromatic carbocycles. The summed E-state index contributed by atoms with van der Waals surface area (Å²) in [6, 6.07) is 6.94. The molecule has 0 radical (unpaired) electrons. The van der Waals surface area contributed by atoms with Gasteiger partial charge in [-0.1, -0.05) is 34.1 Å². The minimum Gasteiger partial charge on any atom is -0.492 e. The lowest BCUT2D eigenvalue weighted by Gasteiger charge is -2.18. The van der Waals surface area contributed by atoms with Crippen LogP contribution in [0.25, 0.3) is 0 Å². The number of benzene rings is 1. The van der Waals surface area contributed by atoms with Gasteiger partial charge in [0.05, 0.1) is 6.04 Å². The van der Waals surface area contributed by atoms with Crippen LogP contribution in [0.15, 0.2) is 24.3 Å². The maximum Gasteiger partial charge on any atom is 0.241 e. The molecule has 5 heteroatoms. The maximum atomic E-state index is 12.0. The molecular weight excluding hydrogens is 290 g/mol. The molecule has 0 aliphatic rings. The molecule has 0 saturated carbocycles. The van der Waals surface area contributed by atoms with Gasteiger partial charge in [0.15, 0.2) is 0 Å². The minimum absolute atomic E-state index is 0.144. The van der Waals surface area contributed by atoms with Crippen LogP contribution in [-0.4, -0.2) is 43.1 Å². The van der Waals surface area contributed by atoms with Crippen molar-refractivity contribution in [2.75, 3.05) is 31.6 Å². The molecule has 0 spiro atoms. The number of nitrogens with zero attached hydrogens (tertiary/aromatic N) is 1. The van der Waals surface area contributed by atoms with Gasteiger partial charge in [0, 0.05) is 12.2 Å². The largest absolute Gasteiger partial charge is 0.492 e. The van der Waals surface area contributed by atoms with Gasteiger partial charge in [-0.25, -0.2) is 0 Å². The maximum absolute atomic E-state index is 12.0. The number of nitrogens with one attached hydrogen (secondary N) is 1. The van der Waals surface area contributed by atoms with Gasteiger partial charge in [0.1, 0.15) is 12.4 Å². The zero-order valence-corrected chi connectivity index (χ0v) is 14.8. The van der Waals surface area contributed by atoms with Crippen molar-refractivity contribution >= 4 is 11.6 Å². The quantitative estimate of drug-likeness (QED) is 0.695. The van der Waals surface area contributed by atoms with Crippen molar-refractivity contribution in [2.45, 2.75) is 40.2 Å². The SMILES string of the molecule is CCC(C)C(N)C(=O)Nc1ccc(OCCN(CC)CC)cc1. The third kappa shape index (κ3) is 6.59. The van der Waals surface area contributed by atoms with E-state index in [0.717, 1.165) is 37.5 Å². The van der Waals surface area contributed by atoms with Crippen molar-refractivity contribution < 1.29 is 9.53 Å². The van der Waals surface area contributed by atoms with Crippen LogP contribution in [0.3, 0.4) is 0 Å². The summed E-state index contributed by atoms with van der Waals surface area (Å²) in [5.41, 5.74) is 6.67. The predicted octanol–water partition coefficient (Wildman–Crippen LogP) is 2.72. The van der Waals surface area contributed by atoms with Crippen LogP contribution in [0, 0.1) is 5.92 Å². The van der Waals surface area contributed by atoms with Crippen molar-refractivity contribution in [3.05, 3.63) is 24.3 Å². The molecule has 0 fully saturated rings. The third-order valence-electron chi connectivity index (χ3n) is 4.25. The van der Waals surface area contributed by atoms with Crippen molar-refractivity contribution in [2.24, 2.45) is 11.7 Å². The van der Waals surface area contributed by atoms with Gasteiger partial charge < -0.3 is 20.7 Å². The van der Waals surface area contributed by atoms with Crippen molar-refractivity contribution in [1.29, 1.82) is 0 Å². The molecule has 1 aromatic rings. The topological polar surface area (TPSA) is 67.6 Å². The fourth-order valence-corrected chi connectivity index (χ4v) is 2.20. The van der Waals surface area contributed by atoms with E-state index in [0.29, 0.717) is 6.61 Å². The molecule has 0 aliphatic heterocycles. The van der Waals surface area contributed by atoms with Crippen molar-refractivity contribution in [3.8, 4) is 5.75 Å². The fraction of sp³-hybridized carbons (Fsp3) is 0.611. The normalized spacial score (nSPS) is 13.7.